The van der Waals surface area contributed by atoms with E-state index in [0.717, 1.165) is 5.56 Å². The summed E-state index contributed by atoms with van der Waals surface area (Å²) >= 11 is 0. The number of rotatable bonds is 4. The van der Waals surface area contributed by atoms with Gasteiger partial charge in [-0.3, -0.25) is 4.79 Å². The predicted octanol–water partition coefficient (Wildman–Crippen LogP) is 2.12. The average molecular weight is 216 g/mol. The molecule has 0 saturated heterocycles. The lowest BCUT2D eigenvalue weighted by atomic mass is 10.1. The molecule has 0 fully saturated rings. The van der Waals surface area contributed by atoms with E-state index in [4.69, 9.17) is 5.53 Å². The number of carbonyl (C=O) groups is 1. The van der Waals surface area contributed by atoms with Gasteiger partial charge in [0.15, 0.2) is 0 Å². The van der Waals surface area contributed by atoms with E-state index in [1.54, 1.807) is 12.2 Å². The van der Waals surface area contributed by atoms with Crippen LogP contribution in [0, 0.1) is 0 Å². The van der Waals surface area contributed by atoms with Gasteiger partial charge >= 0.3 is 0 Å². The second kappa shape index (κ2) is 6.27. The molecule has 82 valence electrons. The molecule has 0 aliphatic carbocycles. The number of carbonyl (C=O) groups excluding carboxylic acids is 1. The first-order valence-corrected chi connectivity index (χ1v) is 4.77. The molecule has 0 heterocycles. The van der Waals surface area contributed by atoms with Gasteiger partial charge in [0.1, 0.15) is 6.04 Å². The van der Waals surface area contributed by atoms with E-state index in [9.17, 15) is 4.79 Å². The van der Waals surface area contributed by atoms with Gasteiger partial charge in [-0.05, 0) is 11.1 Å². The predicted molar refractivity (Wildman–Crippen MR) is 62.5 cm³/mol. The largest absolute Gasteiger partial charge is 0.359 e. The number of hydrogen-bond acceptors (Lipinski definition) is 2. The van der Waals surface area contributed by atoms with Crippen molar-refractivity contribution < 1.29 is 4.79 Å². The van der Waals surface area contributed by atoms with E-state index >= 15 is 0 Å². The molecular formula is C11H12N4O. The summed E-state index contributed by atoms with van der Waals surface area (Å²) in [6.07, 6.45) is 3.31. The number of nitrogens with zero attached hydrogens (tertiary/aromatic N) is 3. The number of likely N-dealkylation sites (N-methyl/N-ethyl adjacent to an activating group) is 1. The molecule has 0 aliphatic rings. The van der Waals surface area contributed by atoms with E-state index in [1.807, 2.05) is 30.3 Å². The molecule has 5 heteroatoms. The first kappa shape index (κ1) is 11.8. The van der Waals surface area contributed by atoms with Crippen LogP contribution in [0.15, 0.2) is 41.5 Å². The highest BCUT2D eigenvalue weighted by molar-refractivity contribution is 5.84. The molecule has 1 aromatic carbocycles. The first-order valence-electron chi connectivity index (χ1n) is 4.77. The SMILES string of the molecule is CNC(=O)C(/C=C/c1ccccc1)N=[N+]=[N-]. The van der Waals surface area contributed by atoms with Gasteiger partial charge in [0.25, 0.3) is 0 Å². The van der Waals surface area contributed by atoms with Crippen LogP contribution < -0.4 is 5.32 Å². The van der Waals surface area contributed by atoms with Crippen LogP contribution in [0.25, 0.3) is 16.5 Å². The van der Waals surface area contributed by atoms with Crippen LogP contribution in [-0.4, -0.2) is 19.0 Å². The van der Waals surface area contributed by atoms with Crippen LogP contribution >= 0.6 is 0 Å². The number of amides is 1. The maximum Gasteiger partial charge on any atom is 0.232 e. The van der Waals surface area contributed by atoms with Crippen LogP contribution in [-0.2, 0) is 4.79 Å². The molecule has 0 aliphatic heterocycles. The zero-order valence-corrected chi connectivity index (χ0v) is 8.87. The van der Waals surface area contributed by atoms with Gasteiger partial charge in [-0.2, -0.15) is 0 Å². The van der Waals surface area contributed by atoms with E-state index in [2.05, 4.69) is 15.3 Å². The van der Waals surface area contributed by atoms with E-state index in [1.165, 1.54) is 7.05 Å². The van der Waals surface area contributed by atoms with Crippen LogP contribution in [0.3, 0.4) is 0 Å². The van der Waals surface area contributed by atoms with Crippen molar-refractivity contribution in [1.29, 1.82) is 0 Å². The molecule has 0 radical (unpaired) electrons. The molecule has 1 atom stereocenters. The monoisotopic (exact) mass is 216 g/mol. The minimum atomic E-state index is -0.810. The van der Waals surface area contributed by atoms with Crippen molar-refractivity contribution in [1.82, 2.24) is 5.32 Å². The Labute approximate surface area is 93.4 Å². The normalized spacial score (nSPS) is 11.8. The minimum Gasteiger partial charge on any atom is -0.359 e. The third-order valence-electron chi connectivity index (χ3n) is 1.96. The Morgan fingerprint density at radius 3 is 2.75 bits per heavy atom. The van der Waals surface area contributed by atoms with Crippen LogP contribution in [0.4, 0.5) is 0 Å². The Morgan fingerprint density at radius 2 is 2.19 bits per heavy atom. The number of nitrogens with one attached hydrogen (secondary N) is 1. The van der Waals surface area contributed by atoms with Crippen LogP contribution in [0.2, 0.25) is 0 Å². The van der Waals surface area contributed by atoms with Crippen molar-refractivity contribution in [2.75, 3.05) is 7.05 Å². The standard InChI is InChI=1S/C11H12N4O/c1-13-11(16)10(14-15-12)8-7-9-5-3-2-4-6-9/h2-8,10H,1H3,(H,13,16)/b8-7+. The molecule has 1 unspecified atom stereocenters. The Balaban J connectivity index is 2.80. The summed E-state index contributed by atoms with van der Waals surface area (Å²) in [5.41, 5.74) is 9.27. The van der Waals surface area contributed by atoms with Crippen molar-refractivity contribution in [3.05, 3.63) is 52.4 Å². The summed E-state index contributed by atoms with van der Waals surface area (Å²) in [7, 11) is 1.50. The zero-order valence-electron chi connectivity index (χ0n) is 8.87. The summed E-state index contributed by atoms with van der Waals surface area (Å²) < 4.78 is 0. The number of azide groups is 1. The summed E-state index contributed by atoms with van der Waals surface area (Å²) in [6.45, 7) is 0. The first-order chi connectivity index (χ1) is 7.77. The average Bonchev–Trinajstić information content (AvgIpc) is 2.34. The summed E-state index contributed by atoms with van der Waals surface area (Å²) in [5.74, 6) is -0.329. The van der Waals surface area contributed by atoms with Crippen molar-refractivity contribution >= 4 is 12.0 Å². The van der Waals surface area contributed by atoms with Gasteiger partial charge in [0.2, 0.25) is 5.91 Å². The van der Waals surface area contributed by atoms with Crippen LogP contribution in [0.1, 0.15) is 5.56 Å². The Hall–Kier alpha value is -2.26. The highest BCUT2D eigenvalue weighted by Crippen LogP contribution is 2.04. The summed E-state index contributed by atoms with van der Waals surface area (Å²) in [4.78, 5) is 13.9. The van der Waals surface area contributed by atoms with Crippen molar-refractivity contribution in [2.45, 2.75) is 6.04 Å². The molecule has 1 N–H and O–H groups in total. The van der Waals surface area contributed by atoms with Gasteiger partial charge in [0, 0.05) is 12.0 Å². The Morgan fingerprint density at radius 1 is 1.50 bits per heavy atom. The van der Waals surface area contributed by atoms with Gasteiger partial charge in [-0.25, -0.2) is 0 Å². The molecule has 0 aromatic heterocycles. The van der Waals surface area contributed by atoms with Crippen molar-refractivity contribution in [3.63, 3.8) is 0 Å². The number of hydrogen-bond donors (Lipinski definition) is 1. The molecule has 0 spiro atoms. The fourth-order valence-electron chi connectivity index (χ4n) is 1.15. The maximum absolute atomic E-state index is 11.3. The molecule has 1 aromatic rings. The molecule has 5 nitrogen and oxygen atoms in total. The van der Waals surface area contributed by atoms with E-state index in [-0.39, 0.29) is 5.91 Å². The maximum atomic E-state index is 11.3. The van der Waals surface area contributed by atoms with Crippen molar-refractivity contribution in [2.24, 2.45) is 5.11 Å². The lowest BCUT2D eigenvalue weighted by Crippen LogP contribution is -2.28. The molecule has 16 heavy (non-hydrogen) atoms. The zero-order chi connectivity index (χ0) is 11.8. The molecule has 1 rings (SSSR count). The van der Waals surface area contributed by atoms with Gasteiger partial charge in [-0.15, -0.1) is 0 Å². The topological polar surface area (TPSA) is 77.9 Å². The number of benzene rings is 1. The Kier molecular flexibility index (Phi) is 4.63. The van der Waals surface area contributed by atoms with E-state index in [0.29, 0.717) is 0 Å². The molecule has 0 bridgehead atoms. The highest BCUT2D eigenvalue weighted by Gasteiger charge is 2.10. The summed E-state index contributed by atoms with van der Waals surface area (Å²) in [5, 5.41) is 5.82. The summed E-state index contributed by atoms with van der Waals surface area (Å²) in [6, 6.07) is 8.67. The van der Waals surface area contributed by atoms with Crippen LogP contribution in [0.5, 0.6) is 0 Å². The molecular weight excluding hydrogens is 204 g/mol. The second-order valence-electron chi connectivity index (χ2n) is 3.03. The fraction of sp³-hybridized carbons (Fsp3) is 0.182. The van der Waals surface area contributed by atoms with E-state index < -0.39 is 6.04 Å². The van der Waals surface area contributed by atoms with Crippen molar-refractivity contribution in [3.8, 4) is 0 Å². The third kappa shape index (κ3) is 3.48. The smallest absolute Gasteiger partial charge is 0.232 e. The molecule has 1 amide bonds. The lowest BCUT2D eigenvalue weighted by molar-refractivity contribution is -0.120. The quantitative estimate of drug-likeness (QED) is 0.467. The van der Waals surface area contributed by atoms with Gasteiger partial charge in [0.05, 0.1) is 0 Å². The Bertz CT molecular complexity index is 421. The lowest BCUT2D eigenvalue weighted by Gasteiger charge is -2.03. The minimum absolute atomic E-state index is 0.329. The molecule has 0 saturated carbocycles. The third-order valence-corrected chi connectivity index (χ3v) is 1.96. The van der Waals surface area contributed by atoms with Gasteiger partial charge < -0.3 is 5.32 Å². The fourth-order valence-corrected chi connectivity index (χ4v) is 1.15. The second-order valence-corrected chi connectivity index (χ2v) is 3.03. The van der Waals surface area contributed by atoms with Gasteiger partial charge in [-0.1, -0.05) is 47.6 Å². The highest BCUT2D eigenvalue weighted by atomic mass is 16.2.